The molecule has 158 valence electrons. The van der Waals surface area contributed by atoms with Gasteiger partial charge in [-0.05, 0) is 54.3 Å². The minimum atomic E-state index is -4.49. The number of aliphatic imine (C=N–C) groups is 1. The fourth-order valence-corrected chi connectivity index (χ4v) is 3.92. The lowest BCUT2D eigenvalue weighted by Crippen LogP contribution is -2.30. The van der Waals surface area contributed by atoms with E-state index < -0.39 is 11.9 Å². The summed E-state index contributed by atoms with van der Waals surface area (Å²) in [5, 5.41) is 6.30. The van der Waals surface area contributed by atoms with Crippen LogP contribution in [0, 0.1) is 0 Å². The van der Waals surface area contributed by atoms with Crippen LogP contribution in [0.4, 0.5) is 30.4 Å². The van der Waals surface area contributed by atoms with Gasteiger partial charge in [-0.1, -0.05) is 30.3 Å². The van der Waals surface area contributed by atoms with E-state index in [9.17, 15) is 13.2 Å². The fourth-order valence-electron chi connectivity index (χ4n) is 3.92. The van der Waals surface area contributed by atoms with Crippen LogP contribution in [0.2, 0.25) is 0 Å². The Morgan fingerprint density at radius 2 is 1.84 bits per heavy atom. The zero-order valence-corrected chi connectivity index (χ0v) is 16.4. The van der Waals surface area contributed by atoms with Crippen molar-refractivity contribution >= 4 is 23.2 Å². The van der Waals surface area contributed by atoms with Crippen LogP contribution in [0.1, 0.15) is 34.8 Å². The third-order valence-electron chi connectivity index (χ3n) is 5.41. The van der Waals surface area contributed by atoms with Crippen molar-refractivity contribution in [3.05, 3.63) is 83.0 Å². The number of nitrogens with zero attached hydrogens (tertiary/aromatic N) is 2. The van der Waals surface area contributed by atoms with E-state index in [-0.39, 0.29) is 11.9 Å². The molecule has 5 nitrogen and oxygen atoms in total. The number of hydrogen-bond donors (Lipinski definition) is 2. The molecule has 2 N–H and O–H groups in total. The van der Waals surface area contributed by atoms with E-state index in [2.05, 4.69) is 32.7 Å². The predicted octanol–water partition coefficient (Wildman–Crippen LogP) is 5.64. The summed E-state index contributed by atoms with van der Waals surface area (Å²) in [5.74, 6) is 0.122. The number of halogens is 3. The Morgan fingerprint density at radius 1 is 0.968 bits per heavy atom. The Hall–Kier alpha value is -3.55. The Bertz CT molecular complexity index is 1160. The molecule has 1 aromatic heterocycles. The highest BCUT2D eigenvalue weighted by molar-refractivity contribution is 5.80. The molecule has 1 aliphatic carbocycles. The second-order valence-corrected chi connectivity index (χ2v) is 7.51. The molecule has 2 aromatic carbocycles. The van der Waals surface area contributed by atoms with E-state index in [0.717, 1.165) is 30.2 Å². The van der Waals surface area contributed by atoms with Crippen LogP contribution in [-0.4, -0.2) is 11.0 Å². The van der Waals surface area contributed by atoms with Crippen LogP contribution < -0.4 is 10.6 Å². The molecule has 0 saturated heterocycles. The van der Waals surface area contributed by atoms with Gasteiger partial charge in [0.05, 0.1) is 11.7 Å². The van der Waals surface area contributed by atoms with Crippen molar-refractivity contribution in [3.63, 3.8) is 0 Å². The van der Waals surface area contributed by atoms with Gasteiger partial charge in [0.2, 0.25) is 0 Å². The van der Waals surface area contributed by atoms with E-state index in [1.807, 2.05) is 24.3 Å². The normalized spacial score (nSPS) is 17.3. The number of anilines is 2. The quantitative estimate of drug-likeness (QED) is 0.571. The summed E-state index contributed by atoms with van der Waals surface area (Å²) in [5.41, 5.74) is 3.90. The molecule has 8 heteroatoms. The molecular weight excluding hydrogens is 405 g/mol. The maximum Gasteiger partial charge on any atom is 0.433 e. The van der Waals surface area contributed by atoms with Crippen molar-refractivity contribution in [1.29, 1.82) is 0 Å². The number of nitrogens with one attached hydrogen (secondary N) is 2. The molecular formula is C23H19F3N4O. The Kier molecular flexibility index (Phi) is 4.77. The number of benzene rings is 2. The molecule has 2 heterocycles. The van der Waals surface area contributed by atoms with Crippen molar-refractivity contribution < 1.29 is 17.9 Å². The number of aromatic nitrogens is 1. The second kappa shape index (κ2) is 7.61. The number of fused-ring (bicyclic) bond motifs is 2. The lowest BCUT2D eigenvalue weighted by Gasteiger charge is -2.22. The zero-order chi connectivity index (χ0) is 21.4. The highest BCUT2D eigenvalue weighted by atomic mass is 19.4. The molecule has 31 heavy (non-hydrogen) atoms. The SMILES string of the molecule is FC(F)(F)c1cccc(Nc2ccc3c(c2)COC(N[C@@H]2CCc4ccccc42)=N3)n1. The topological polar surface area (TPSA) is 58.5 Å². The van der Waals surface area contributed by atoms with Crippen LogP contribution in [0.15, 0.2) is 65.7 Å². The molecule has 3 aromatic rings. The molecule has 2 aliphatic rings. The molecule has 0 saturated carbocycles. The maximum atomic E-state index is 12.9. The van der Waals surface area contributed by atoms with E-state index in [0.29, 0.717) is 18.3 Å². The number of ether oxygens (including phenoxy) is 1. The third-order valence-corrected chi connectivity index (χ3v) is 5.41. The van der Waals surface area contributed by atoms with E-state index in [1.165, 1.54) is 23.3 Å². The molecule has 1 atom stereocenters. The number of alkyl halides is 3. The Balaban J connectivity index is 1.31. The van der Waals surface area contributed by atoms with Crippen molar-refractivity contribution in [1.82, 2.24) is 10.3 Å². The first-order chi connectivity index (χ1) is 15.0. The van der Waals surface area contributed by atoms with Gasteiger partial charge in [-0.25, -0.2) is 4.98 Å². The number of rotatable bonds is 3. The summed E-state index contributed by atoms with van der Waals surface area (Å²) >= 11 is 0. The summed E-state index contributed by atoms with van der Waals surface area (Å²) in [7, 11) is 0. The average Bonchev–Trinajstić information content (AvgIpc) is 3.16. The summed E-state index contributed by atoms with van der Waals surface area (Å²) < 4.78 is 44.4. The number of hydrogen-bond acceptors (Lipinski definition) is 5. The van der Waals surface area contributed by atoms with Gasteiger partial charge >= 0.3 is 6.18 Å². The van der Waals surface area contributed by atoms with Crippen molar-refractivity contribution in [2.24, 2.45) is 4.99 Å². The van der Waals surface area contributed by atoms with Crippen molar-refractivity contribution in [2.45, 2.75) is 31.7 Å². The fraction of sp³-hybridized carbons (Fsp3) is 0.217. The van der Waals surface area contributed by atoms with Gasteiger partial charge in [0, 0.05) is 11.3 Å². The minimum absolute atomic E-state index is 0.122. The number of pyridine rings is 1. The van der Waals surface area contributed by atoms with Crippen molar-refractivity contribution in [3.8, 4) is 0 Å². The first kappa shape index (κ1) is 19.4. The highest BCUT2D eigenvalue weighted by Crippen LogP contribution is 2.33. The second-order valence-electron chi connectivity index (χ2n) is 7.51. The largest absolute Gasteiger partial charge is 0.460 e. The Morgan fingerprint density at radius 3 is 2.71 bits per heavy atom. The van der Waals surface area contributed by atoms with E-state index in [4.69, 9.17) is 4.74 Å². The number of amidine groups is 1. The monoisotopic (exact) mass is 424 g/mol. The van der Waals surface area contributed by atoms with Crippen LogP contribution in [0.5, 0.6) is 0 Å². The smallest absolute Gasteiger partial charge is 0.433 e. The Labute approximate surface area is 177 Å². The van der Waals surface area contributed by atoms with Gasteiger partial charge in [0.1, 0.15) is 18.1 Å². The highest BCUT2D eigenvalue weighted by Gasteiger charge is 2.32. The first-order valence-electron chi connectivity index (χ1n) is 9.96. The lowest BCUT2D eigenvalue weighted by atomic mass is 10.1. The van der Waals surface area contributed by atoms with Gasteiger partial charge in [-0.2, -0.15) is 18.2 Å². The molecule has 0 radical (unpaired) electrons. The average molecular weight is 424 g/mol. The lowest BCUT2D eigenvalue weighted by molar-refractivity contribution is -0.141. The standard InChI is InChI=1S/C23H19F3N4O/c24-23(25,26)20-6-3-7-21(30-20)27-16-9-11-18-15(12-16)13-31-22(28-18)29-19-10-8-14-4-1-2-5-17(14)19/h1-7,9,11-12,19H,8,10,13H2,(H,27,30)(H,28,29)/t19-/m1/s1. The van der Waals surface area contributed by atoms with Crippen LogP contribution in [0.25, 0.3) is 0 Å². The van der Waals surface area contributed by atoms with Gasteiger partial charge in [-0.15, -0.1) is 0 Å². The van der Waals surface area contributed by atoms with Crippen LogP contribution >= 0.6 is 0 Å². The van der Waals surface area contributed by atoms with Gasteiger partial charge in [0.15, 0.2) is 0 Å². The van der Waals surface area contributed by atoms with Gasteiger partial charge < -0.3 is 15.4 Å². The number of aryl methyl sites for hydroxylation is 1. The van der Waals surface area contributed by atoms with E-state index >= 15 is 0 Å². The van der Waals surface area contributed by atoms with Crippen LogP contribution in [0.3, 0.4) is 0 Å². The summed E-state index contributed by atoms with van der Waals surface area (Å²) in [6, 6.07) is 18.1. The molecule has 5 rings (SSSR count). The zero-order valence-electron chi connectivity index (χ0n) is 16.4. The van der Waals surface area contributed by atoms with Crippen molar-refractivity contribution in [2.75, 3.05) is 5.32 Å². The summed E-state index contributed by atoms with van der Waals surface area (Å²) in [4.78, 5) is 8.20. The van der Waals surface area contributed by atoms with E-state index in [1.54, 1.807) is 6.07 Å². The van der Waals surface area contributed by atoms with Gasteiger partial charge in [-0.3, -0.25) is 0 Å². The maximum absolute atomic E-state index is 12.9. The molecule has 0 bridgehead atoms. The molecule has 0 fully saturated rings. The molecule has 1 aliphatic heterocycles. The minimum Gasteiger partial charge on any atom is -0.460 e. The third kappa shape index (κ3) is 4.05. The van der Waals surface area contributed by atoms with Gasteiger partial charge in [0.25, 0.3) is 6.02 Å². The van der Waals surface area contributed by atoms with Crippen LogP contribution in [-0.2, 0) is 23.9 Å². The predicted molar refractivity (Wildman–Crippen MR) is 111 cm³/mol. The summed E-state index contributed by atoms with van der Waals surface area (Å²) in [6.07, 6.45) is -2.48. The molecule has 0 unspecified atom stereocenters. The summed E-state index contributed by atoms with van der Waals surface area (Å²) in [6.45, 7) is 0.321. The molecule has 0 amide bonds. The first-order valence-corrected chi connectivity index (χ1v) is 9.96. The molecule has 0 spiro atoms.